The summed E-state index contributed by atoms with van der Waals surface area (Å²) in [4.78, 5) is 17.3. The number of ether oxygens (including phenoxy) is 2. The number of anilines is 1. The van der Waals surface area contributed by atoms with Crippen molar-refractivity contribution in [2.75, 3.05) is 25.1 Å². The van der Waals surface area contributed by atoms with Crippen molar-refractivity contribution < 1.29 is 14.3 Å². The van der Waals surface area contributed by atoms with Gasteiger partial charge in [0.2, 0.25) is 0 Å². The van der Waals surface area contributed by atoms with Crippen molar-refractivity contribution in [2.45, 2.75) is 13.0 Å². The fourth-order valence-corrected chi connectivity index (χ4v) is 3.46. The molecule has 0 unspecified atom stereocenters. The van der Waals surface area contributed by atoms with E-state index in [9.17, 15) is 4.79 Å². The van der Waals surface area contributed by atoms with Gasteiger partial charge in [0.25, 0.3) is 5.91 Å². The van der Waals surface area contributed by atoms with Gasteiger partial charge in [-0.05, 0) is 30.3 Å². The van der Waals surface area contributed by atoms with Crippen molar-refractivity contribution in [3.05, 3.63) is 53.3 Å². The number of amides is 1. The summed E-state index contributed by atoms with van der Waals surface area (Å²) in [6.07, 6.45) is 0.841. The minimum absolute atomic E-state index is 0. The van der Waals surface area contributed by atoms with Gasteiger partial charge in [0.05, 0.1) is 5.69 Å². The summed E-state index contributed by atoms with van der Waals surface area (Å²) in [6, 6.07) is 11.2. The van der Waals surface area contributed by atoms with Crippen molar-refractivity contribution >= 4 is 24.1 Å². The highest BCUT2D eigenvalue weighted by molar-refractivity contribution is 6.03. The number of halogens is 1. The Morgan fingerprint density at radius 2 is 1.97 bits per heavy atom. The van der Waals surface area contributed by atoms with Gasteiger partial charge in [-0.15, -0.1) is 12.4 Å². The molecular weight excluding hydrogens is 394 g/mol. The third-order valence-electron chi connectivity index (χ3n) is 4.85. The van der Waals surface area contributed by atoms with Crippen LogP contribution in [0.5, 0.6) is 11.5 Å². The molecule has 0 fully saturated rings. The Hall–Kier alpha value is -3.10. The van der Waals surface area contributed by atoms with E-state index < -0.39 is 0 Å². The molecule has 1 amide bonds. The van der Waals surface area contributed by atoms with E-state index in [-0.39, 0.29) is 18.3 Å². The van der Waals surface area contributed by atoms with E-state index in [1.165, 1.54) is 0 Å². The molecule has 2 aliphatic heterocycles. The molecular formula is C20H20ClN5O3. The molecule has 2 aliphatic rings. The molecule has 4 heterocycles. The number of carbonyl (C=O) groups excluding carboxylic acids is 1. The van der Waals surface area contributed by atoms with Crippen molar-refractivity contribution in [1.82, 2.24) is 20.5 Å². The first-order valence-electron chi connectivity index (χ1n) is 9.23. The molecule has 9 heteroatoms. The zero-order chi connectivity index (χ0) is 18.9. The second-order valence-electron chi connectivity index (χ2n) is 6.68. The predicted molar refractivity (Wildman–Crippen MR) is 110 cm³/mol. The Kier molecular flexibility index (Phi) is 5.37. The summed E-state index contributed by atoms with van der Waals surface area (Å²) in [6.45, 7) is 2.61. The first kappa shape index (κ1) is 19.2. The molecule has 5 rings (SSSR count). The topological polar surface area (TPSA) is 101 Å². The third kappa shape index (κ3) is 3.76. The van der Waals surface area contributed by atoms with E-state index in [1.807, 2.05) is 30.3 Å². The van der Waals surface area contributed by atoms with E-state index in [0.717, 1.165) is 41.2 Å². The number of H-pyrrole nitrogens is 1. The van der Waals surface area contributed by atoms with E-state index in [1.54, 1.807) is 6.07 Å². The average Bonchev–Trinajstić information content (AvgIpc) is 3.18. The average molecular weight is 414 g/mol. The van der Waals surface area contributed by atoms with Gasteiger partial charge in [-0.2, -0.15) is 5.10 Å². The van der Waals surface area contributed by atoms with E-state index >= 15 is 0 Å². The fraction of sp³-hybridized carbons (Fsp3) is 0.250. The van der Waals surface area contributed by atoms with E-state index in [2.05, 4.69) is 25.8 Å². The van der Waals surface area contributed by atoms with Crippen LogP contribution in [-0.4, -0.2) is 40.8 Å². The normalized spacial score (nSPS) is 14.5. The summed E-state index contributed by atoms with van der Waals surface area (Å²) >= 11 is 0. The summed E-state index contributed by atoms with van der Waals surface area (Å²) in [5.74, 6) is 1.64. The minimum atomic E-state index is -0.270. The molecule has 0 aliphatic carbocycles. The number of fused-ring (bicyclic) bond motifs is 2. The summed E-state index contributed by atoms with van der Waals surface area (Å²) in [5, 5.41) is 13.3. The van der Waals surface area contributed by atoms with Crippen molar-refractivity contribution in [3.63, 3.8) is 0 Å². The van der Waals surface area contributed by atoms with E-state index in [4.69, 9.17) is 9.47 Å². The SMILES string of the molecule is Cl.O=C(Nc1cccc(-c2ccc3c(c2)OCCO3)n1)c1n[nH]c2c1CNCC2. The van der Waals surface area contributed by atoms with Gasteiger partial charge >= 0.3 is 0 Å². The summed E-state index contributed by atoms with van der Waals surface area (Å²) in [5.41, 5.74) is 3.98. The molecule has 8 nitrogen and oxygen atoms in total. The van der Waals surface area contributed by atoms with Gasteiger partial charge in [-0.3, -0.25) is 9.89 Å². The van der Waals surface area contributed by atoms with Crippen LogP contribution in [0.4, 0.5) is 5.82 Å². The Morgan fingerprint density at radius 3 is 2.86 bits per heavy atom. The van der Waals surface area contributed by atoms with Gasteiger partial charge in [-0.1, -0.05) is 6.07 Å². The van der Waals surface area contributed by atoms with Crippen LogP contribution in [-0.2, 0) is 13.0 Å². The number of nitrogens with zero attached hydrogens (tertiary/aromatic N) is 2. The number of hydrogen-bond acceptors (Lipinski definition) is 6. The standard InChI is InChI=1S/C20H19N5O3.ClH/c26-20(19-13-11-21-7-6-15(13)24-25-19)23-18-3-1-2-14(22-18)12-4-5-16-17(10-12)28-9-8-27-16;/h1-5,10,21H,6-9,11H2,(H,24,25)(H,22,23,26);1H. The summed E-state index contributed by atoms with van der Waals surface area (Å²) in [7, 11) is 0. The minimum Gasteiger partial charge on any atom is -0.486 e. The maximum Gasteiger partial charge on any atom is 0.277 e. The lowest BCUT2D eigenvalue weighted by atomic mass is 10.1. The van der Waals surface area contributed by atoms with Gasteiger partial charge < -0.3 is 20.1 Å². The molecule has 0 atom stereocenters. The molecule has 1 aromatic carbocycles. The molecule has 29 heavy (non-hydrogen) atoms. The van der Waals surface area contributed by atoms with Gasteiger partial charge in [0.1, 0.15) is 19.0 Å². The first-order valence-corrected chi connectivity index (χ1v) is 9.23. The second kappa shape index (κ2) is 8.10. The van der Waals surface area contributed by atoms with Gasteiger partial charge in [0, 0.05) is 36.3 Å². The number of aromatic amines is 1. The maximum absolute atomic E-state index is 12.7. The molecule has 0 radical (unpaired) electrons. The van der Waals surface area contributed by atoms with Crippen LogP contribution < -0.4 is 20.1 Å². The highest BCUT2D eigenvalue weighted by atomic mass is 35.5. The van der Waals surface area contributed by atoms with Crippen LogP contribution in [0.2, 0.25) is 0 Å². The fourth-order valence-electron chi connectivity index (χ4n) is 3.46. The third-order valence-corrected chi connectivity index (χ3v) is 4.85. The number of hydrogen-bond donors (Lipinski definition) is 3. The molecule has 150 valence electrons. The number of carbonyl (C=O) groups is 1. The second-order valence-corrected chi connectivity index (χ2v) is 6.68. The molecule has 0 saturated heterocycles. The Bertz CT molecular complexity index is 1050. The lowest BCUT2D eigenvalue weighted by Crippen LogP contribution is -2.25. The largest absolute Gasteiger partial charge is 0.486 e. The molecule has 2 aromatic heterocycles. The summed E-state index contributed by atoms with van der Waals surface area (Å²) < 4.78 is 11.2. The number of rotatable bonds is 3. The van der Waals surface area contributed by atoms with Crippen LogP contribution in [0, 0.1) is 0 Å². The Morgan fingerprint density at radius 1 is 1.10 bits per heavy atom. The molecule has 0 saturated carbocycles. The van der Waals surface area contributed by atoms with Gasteiger partial charge in [0.15, 0.2) is 17.2 Å². The first-order chi connectivity index (χ1) is 13.8. The quantitative estimate of drug-likeness (QED) is 0.610. The van der Waals surface area contributed by atoms with Crippen LogP contribution in [0.3, 0.4) is 0 Å². The van der Waals surface area contributed by atoms with Crippen LogP contribution in [0.1, 0.15) is 21.7 Å². The van der Waals surface area contributed by atoms with Crippen molar-refractivity contribution in [1.29, 1.82) is 0 Å². The Labute approximate surface area is 173 Å². The Balaban J connectivity index is 0.00000205. The van der Waals surface area contributed by atoms with Crippen LogP contribution in [0.25, 0.3) is 11.3 Å². The van der Waals surface area contributed by atoms with Gasteiger partial charge in [-0.25, -0.2) is 4.98 Å². The molecule has 3 N–H and O–H groups in total. The molecule has 0 spiro atoms. The lowest BCUT2D eigenvalue weighted by Gasteiger charge is -2.18. The predicted octanol–water partition coefficient (Wildman–Crippen LogP) is 2.56. The van der Waals surface area contributed by atoms with Crippen molar-refractivity contribution in [3.8, 4) is 22.8 Å². The van der Waals surface area contributed by atoms with E-state index in [0.29, 0.717) is 37.0 Å². The zero-order valence-electron chi connectivity index (χ0n) is 15.5. The monoisotopic (exact) mass is 413 g/mol. The van der Waals surface area contributed by atoms with Crippen LogP contribution >= 0.6 is 12.4 Å². The smallest absolute Gasteiger partial charge is 0.277 e. The number of nitrogens with one attached hydrogen (secondary N) is 3. The number of pyridine rings is 1. The van der Waals surface area contributed by atoms with Crippen LogP contribution in [0.15, 0.2) is 36.4 Å². The number of aromatic nitrogens is 3. The molecule has 3 aromatic rings. The number of benzene rings is 1. The maximum atomic E-state index is 12.7. The highest BCUT2D eigenvalue weighted by Crippen LogP contribution is 2.34. The zero-order valence-corrected chi connectivity index (χ0v) is 16.3. The highest BCUT2D eigenvalue weighted by Gasteiger charge is 2.22. The lowest BCUT2D eigenvalue weighted by molar-refractivity contribution is 0.102. The molecule has 0 bridgehead atoms. The van der Waals surface area contributed by atoms with Crippen molar-refractivity contribution in [2.24, 2.45) is 0 Å².